The van der Waals surface area contributed by atoms with Crippen molar-refractivity contribution in [3.05, 3.63) is 97.1 Å². The molecule has 3 rings (SSSR count). The molecule has 188 valence electrons. The number of benzene rings is 2. The minimum atomic E-state index is -4.31. The Morgan fingerprint density at radius 2 is 1.69 bits per heavy atom. The molecule has 8 heteroatoms. The highest BCUT2D eigenvalue weighted by atomic mass is 32.2. The van der Waals surface area contributed by atoms with Crippen LogP contribution in [0.5, 0.6) is 0 Å². The van der Waals surface area contributed by atoms with Crippen LogP contribution in [0.4, 0.5) is 0 Å². The van der Waals surface area contributed by atoms with Crippen LogP contribution >= 0.6 is 0 Å². The number of hydrogen-bond donors (Lipinski definition) is 1. The molecule has 0 radical (unpaired) electrons. The molecule has 1 unspecified atom stereocenters. The van der Waals surface area contributed by atoms with Crippen molar-refractivity contribution in [2.24, 2.45) is 0 Å². The van der Waals surface area contributed by atoms with Crippen molar-refractivity contribution >= 4 is 22.3 Å². The number of rotatable bonds is 12. The average Bonchev–Trinajstić information content (AvgIpc) is 3.28. The summed E-state index contributed by atoms with van der Waals surface area (Å²) in [6.45, 7) is 11.9. The van der Waals surface area contributed by atoms with Crippen molar-refractivity contribution in [1.29, 1.82) is 0 Å². The van der Waals surface area contributed by atoms with E-state index < -0.39 is 16.2 Å². The van der Waals surface area contributed by atoms with Crippen LogP contribution in [0.1, 0.15) is 36.5 Å². The Morgan fingerprint density at radius 3 is 2.23 bits per heavy atom. The standard InChI is InChI=1S/C19H27N2O2.C8H8O3S/c1-3-5-12-23-15-19(22)14-21-11-10-20(16-21)13-18-8-6-17(4-2)7-9-18;1-2-7-3-5-8(6-4-7)12(9,10)11/h4,6-11,16,19,22H,2-3,5,12-15H2,1H3;2-6H,1H2,(H,9,10,11)/q+1;/p-1. The molecule has 0 saturated carbocycles. The molecule has 1 heterocycles. The Hall–Kier alpha value is -3.04. The molecule has 0 aliphatic carbocycles. The van der Waals surface area contributed by atoms with E-state index in [1.54, 1.807) is 6.08 Å². The fraction of sp³-hybridized carbons (Fsp3) is 0.296. The van der Waals surface area contributed by atoms with Gasteiger partial charge >= 0.3 is 0 Å². The second kappa shape index (κ2) is 14.4. The molecule has 0 spiro atoms. The van der Waals surface area contributed by atoms with Gasteiger partial charge in [-0.2, -0.15) is 0 Å². The lowest BCUT2D eigenvalue weighted by molar-refractivity contribution is -0.687. The molecular formula is C27H34N2O5S. The lowest BCUT2D eigenvalue weighted by Gasteiger charge is -2.08. The lowest BCUT2D eigenvalue weighted by Crippen LogP contribution is -2.32. The van der Waals surface area contributed by atoms with E-state index in [4.69, 9.17) is 4.74 Å². The third kappa shape index (κ3) is 10.4. The first kappa shape index (κ1) is 28.2. The predicted octanol–water partition coefficient (Wildman–Crippen LogP) is 3.88. The van der Waals surface area contributed by atoms with Crippen molar-refractivity contribution in [3.8, 4) is 0 Å². The topological polar surface area (TPSA) is 95.5 Å². The predicted molar refractivity (Wildman–Crippen MR) is 136 cm³/mol. The van der Waals surface area contributed by atoms with Crippen molar-refractivity contribution in [2.75, 3.05) is 13.2 Å². The quantitative estimate of drug-likeness (QED) is 0.232. The van der Waals surface area contributed by atoms with Gasteiger partial charge in [-0.05, 0) is 35.2 Å². The molecule has 0 aliphatic heterocycles. The van der Waals surface area contributed by atoms with E-state index in [0.29, 0.717) is 13.2 Å². The lowest BCUT2D eigenvalue weighted by atomic mass is 10.1. The number of aliphatic hydroxyl groups is 1. The molecule has 0 bridgehead atoms. The van der Waals surface area contributed by atoms with Crippen LogP contribution in [0.25, 0.3) is 12.2 Å². The van der Waals surface area contributed by atoms with E-state index in [9.17, 15) is 18.1 Å². The fourth-order valence-electron chi connectivity index (χ4n) is 3.14. The van der Waals surface area contributed by atoms with Gasteiger partial charge in [0.05, 0.1) is 11.5 Å². The SMILES string of the molecule is C=Cc1ccc(C[n+]2ccn(CC(O)COCCCC)c2)cc1.C=Cc1ccc(S(=O)(=O)[O-])cc1. The Bertz CT molecular complexity index is 1150. The first-order valence-corrected chi connectivity index (χ1v) is 12.9. The summed E-state index contributed by atoms with van der Waals surface area (Å²) in [6.07, 6.45) is 11.1. The molecule has 3 aromatic rings. The van der Waals surface area contributed by atoms with Crippen molar-refractivity contribution < 1.29 is 27.4 Å². The molecule has 1 aromatic heterocycles. The van der Waals surface area contributed by atoms with E-state index in [-0.39, 0.29) is 4.90 Å². The monoisotopic (exact) mass is 498 g/mol. The van der Waals surface area contributed by atoms with Gasteiger partial charge in [0, 0.05) is 6.61 Å². The van der Waals surface area contributed by atoms with E-state index in [1.807, 2.05) is 29.4 Å². The van der Waals surface area contributed by atoms with Gasteiger partial charge in [0.1, 0.15) is 41.7 Å². The average molecular weight is 499 g/mol. The van der Waals surface area contributed by atoms with Crippen LogP contribution in [0, 0.1) is 0 Å². The Balaban J connectivity index is 0.000000303. The van der Waals surface area contributed by atoms with Gasteiger partial charge in [0.2, 0.25) is 6.33 Å². The summed E-state index contributed by atoms with van der Waals surface area (Å²) >= 11 is 0. The third-order valence-corrected chi connectivity index (χ3v) is 5.95. The van der Waals surface area contributed by atoms with Gasteiger partial charge in [-0.15, -0.1) is 0 Å². The summed E-state index contributed by atoms with van der Waals surface area (Å²) in [4.78, 5) is -0.215. The summed E-state index contributed by atoms with van der Waals surface area (Å²) in [5.41, 5.74) is 3.15. The highest BCUT2D eigenvalue weighted by Crippen LogP contribution is 2.10. The zero-order chi connectivity index (χ0) is 25.7. The van der Waals surface area contributed by atoms with E-state index in [2.05, 4.69) is 48.9 Å². The number of unbranched alkanes of at least 4 members (excludes halogenated alkanes) is 1. The fourth-order valence-corrected chi connectivity index (χ4v) is 3.61. The molecule has 1 N–H and O–H groups in total. The van der Waals surface area contributed by atoms with Gasteiger partial charge in [-0.25, -0.2) is 17.6 Å². The van der Waals surface area contributed by atoms with E-state index in [0.717, 1.165) is 37.1 Å². The Kier molecular flexibility index (Phi) is 11.6. The zero-order valence-corrected chi connectivity index (χ0v) is 20.9. The minimum Gasteiger partial charge on any atom is -0.744 e. The molecule has 2 aromatic carbocycles. The molecule has 0 fully saturated rings. The highest BCUT2D eigenvalue weighted by Gasteiger charge is 2.11. The third-order valence-electron chi connectivity index (χ3n) is 5.11. The summed E-state index contributed by atoms with van der Waals surface area (Å²) in [7, 11) is -4.31. The minimum absolute atomic E-state index is 0.215. The maximum atomic E-state index is 10.5. The normalized spacial score (nSPS) is 11.9. The largest absolute Gasteiger partial charge is 0.744 e. The van der Waals surface area contributed by atoms with E-state index >= 15 is 0 Å². The molecular weight excluding hydrogens is 464 g/mol. The van der Waals surface area contributed by atoms with Crippen LogP contribution in [-0.2, 0) is 27.9 Å². The van der Waals surface area contributed by atoms with Crippen LogP contribution in [0.2, 0.25) is 0 Å². The van der Waals surface area contributed by atoms with Gasteiger partial charge in [-0.3, -0.25) is 0 Å². The first-order chi connectivity index (χ1) is 16.7. The Labute approximate surface area is 208 Å². The maximum Gasteiger partial charge on any atom is 0.244 e. The first-order valence-electron chi connectivity index (χ1n) is 11.5. The van der Waals surface area contributed by atoms with Gasteiger partial charge < -0.3 is 14.4 Å². The van der Waals surface area contributed by atoms with Crippen molar-refractivity contribution in [1.82, 2.24) is 4.57 Å². The number of imidazole rings is 1. The molecule has 1 atom stereocenters. The summed E-state index contributed by atoms with van der Waals surface area (Å²) in [5, 5.41) is 9.99. The second-order valence-corrected chi connectivity index (χ2v) is 9.42. The number of hydrogen-bond acceptors (Lipinski definition) is 5. The molecule has 0 saturated heterocycles. The van der Waals surface area contributed by atoms with Crippen LogP contribution in [-0.4, -0.2) is 42.0 Å². The van der Waals surface area contributed by atoms with Crippen molar-refractivity contribution in [3.63, 3.8) is 0 Å². The maximum absolute atomic E-state index is 10.5. The molecule has 0 aliphatic rings. The van der Waals surface area contributed by atoms with Crippen molar-refractivity contribution in [2.45, 2.75) is 43.9 Å². The molecule has 0 amide bonds. The van der Waals surface area contributed by atoms with Crippen LogP contribution < -0.4 is 4.57 Å². The van der Waals surface area contributed by atoms with Gasteiger partial charge in [0.25, 0.3) is 0 Å². The van der Waals surface area contributed by atoms with Crippen LogP contribution in [0.15, 0.2) is 85.3 Å². The Morgan fingerprint density at radius 1 is 1.09 bits per heavy atom. The second-order valence-electron chi connectivity index (χ2n) is 8.04. The zero-order valence-electron chi connectivity index (χ0n) is 20.1. The summed E-state index contributed by atoms with van der Waals surface area (Å²) in [6, 6.07) is 13.9. The summed E-state index contributed by atoms with van der Waals surface area (Å²) in [5.74, 6) is 0. The van der Waals surface area contributed by atoms with Gasteiger partial charge in [0.15, 0.2) is 0 Å². The molecule has 35 heavy (non-hydrogen) atoms. The number of aromatic nitrogens is 2. The number of ether oxygens (including phenoxy) is 1. The highest BCUT2D eigenvalue weighted by molar-refractivity contribution is 7.85. The van der Waals surface area contributed by atoms with Crippen LogP contribution in [0.3, 0.4) is 0 Å². The number of aliphatic hydroxyl groups excluding tert-OH is 1. The molecule has 7 nitrogen and oxygen atoms in total. The smallest absolute Gasteiger partial charge is 0.244 e. The van der Waals surface area contributed by atoms with Gasteiger partial charge in [-0.1, -0.05) is 75.1 Å². The summed E-state index contributed by atoms with van der Waals surface area (Å²) < 4.78 is 40.9. The van der Waals surface area contributed by atoms with E-state index in [1.165, 1.54) is 29.8 Å². The number of nitrogens with zero attached hydrogens (tertiary/aromatic N) is 2.